The smallest absolute Gasteiger partial charge is 0.305 e. The van der Waals surface area contributed by atoms with Crippen molar-refractivity contribution < 1.29 is 14.6 Å². The molecular formula is C9H17NO3. The molecular weight excluding hydrogens is 170 g/mol. The fourth-order valence-corrected chi connectivity index (χ4v) is 1.64. The molecule has 1 saturated heterocycles. The number of aliphatic hydroxyl groups excluding tert-OH is 1. The van der Waals surface area contributed by atoms with E-state index >= 15 is 0 Å². The Kier molecular flexibility index (Phi) is 4.18. The second-order valence-corrected chi connectivity index (χ2v) is 3.44. The topological polar surface area (TPSA) is 58.6 Å². The van der Waals surface area contributed by atoms with E-state index < -0.39 is 0 Å². The summed E-state index contributed by atoms with van der Waals surface area (Å²) >= 11 is 0. The van der Waals surface area contributed by atoms with Gasteiger partial charge in [0.25, 0.3) is 0 Å². The Hall–Kier alpha value is -0.610. The zero-order valence-corrected chi connectivity index (χ0v) is 7.95. The van der Waals surface area contributed by atoms with Gasteiger partial charge in [0, 0.05) is 13.0 Å². The molecule has 4 heteroatoms. The van der Waals surface area contributed by atoms with Crippen LogP contribution in [0.1, 0.15) is 19.3 Å². The van der Waals surface area contributed by atoms with E-state index in [2.05, 4.69) is 10.1 Å². The summed E-state index contributed by atoms with van der Waals surface area (Å²) in [6.45, 7) is 1.58. The van der Waals surface area contributed by atoms with Crippen LogP contribution < -0.4 is 5.32 Å². The van der Waals surface area contributed by atoms with E-state index in [0.29, 0.717) is 13.0 Å². The maximum atomic E-state index is 10.8. The number of hydrogen-bond acceptors (Lipinski definition) is 4. The number of piperidine rings is 1. The number of rotatable bonds is 3. The normalized spacial score (nSPS) is 28.5. The number of aliphatic hydroxyl groups is 1. The lowest BCUT2D eigenvalue weighted by Gasteiger charge is -2.27. The zero-order valence-electron chi connectivity index (χ0n) is 7.95. The van der Waals surface area contributed by atoms with Gasteiger partial charge in [-0.05, 0) is 25.3 Å². The molecule has 1 rings (SSSR count). The molecule has 0 aromatic carbocycles. The third-order valence-corrected chi connectivity index (χ3v) is 2.54. The third kappa shape index (κ3) is 3.32. The summed E-state index contributed by atoms with van der Waals surface area (Å²) in [5.41, 5.74) is 0. The van der Waals surface area contributed by atoms with E-state index in [9.17, 15) is 9.90 Å². The maximum Gasteiger partial charge on any atom is 0.305 e. The van der Waals surface area contributed by atoms with Crippen LogP contribution in [0.2, 0.25) is 0 Å². The molecule has 1 aliphatic rings. The van der Waals surface area contributed by atoms with Crippen LogP contribution in [0.15, 0.2) is 0 Å². The number of ether oxygens (including phenoxy) is 1. The molecule has 1 aliphatic heterocycles. The molecule has 76 valence electrons. The SMILES string of the molecule is COC(=O)CC[C@H]1CCNC[C@@H]1O. The minimum atomic E-state index is -0.307. The van der Waals surface area contributed by atoms with Crippen LogP contribution in [-0.4, -0.2) is 37.4 Å². The lowest BCUT2D eigenvalue weighted by molar-refractivity contribution is -0.141. The van der Waals surface area contributed by atoms with Crippen LogP contribution in [0, 0.1) is 5.92 Å². The summed E-state index contributed by atoms with van der Waals surface area (Å²) in [5, 5.41) is 12.6. The number of hydrogen-bond donors (Lipinski definition) is 2. The Morgan fingerprint density at radius 1 is 1.69 bits per heavy atom. The summed E-state index contributed by atoms with van der Waals surface area (Å²) in [5.74, 6) is 0.0612. The average molecular weight is 187 g/mol. The lowest BCUT2D eigenvalue weighted by atomic mass is 9.91. The molecule has 0 aliphatic carbocycles. The highest BCUT2D eigenvalue weighted by Gasteiger charge is 2.23. The third-order valence-electron chi connectivity index (χ3n) is 2.54. The van der Waals surface area contributed by atoms with E-state index in [-0.39, 0.29) is 18.0 Å². The highest BCUT2D eigenvalue weighted by Crippen LogP contribution is 2.18. The maximum absolute atomic E-state index is 10.8. The number of carbonyl (C=O) groups excluding carboxylic acids is 1. The molecule has 1 heterocycles. The molecule has 0 aromatic rings. The van der Waals surface area contributed by atoms with Gasteiger partial charge < -0.3 is 15.2 Å². The van der Waals surface area contributed by atoms with Crippen molar-refractivity contribution in [1.29, 1.82) is 0 Å². The quantitative estimate of drug-likeness (QED) is 0.606. The van der Waals surface area contributed by atoms with E-state index in [1.165, 1.54) is 7.11 Å². The molecule has 0 spiro atoms. The fraction of sp³-hybridized carbons (Fsp3) is 0.889. The number of methoxy groups -OCH3 is 1. The number of nitrogens with one attached hydrogen (secondary N) is 1. The molecule has 0 unspecified atom stereocenters. The van der Waals surface area contributed by atoms with Crippen molar-refractivity contribution in [3.63, 3.8) is 0 Å². The van der Waals surface area contributed by atoms with Crippen molar-refractivity contribution in [1.82, 2.24) is 5.32 Å². The highest BCUT2D eigenvalue weighted by molar-refractivity contribution is 5.69. The van der Waals surface area contributed by atoms with Crippen LogP contribution in [0.4, 0.5) is 0 Å². The first-order valence-electron chi connectivity index (χ1n) is 4.69. The van der Waals surface area contributed by atoms with Gasteiger partial charge in [-0.3, -0.25) is 4.79 Å². The Bertz CT molecular complexity index is 172. The number of esters is 1. The van der Waals surface area contributed by atoms with Gasteiger partial charge >= 0.3 is 5.97 Å². The van der Waals surface area contributed by atoms with Gasteiger partial charge in [-0.25, -0.2) is 0 Å². The van der Waals surface area contributed by atoms with Crippen molar-refractivity contribution in [3.05, 3.63) is 0 Å². The van der Waals surface area contributed by atoms with E-state index in [4.69, 9.17) is 0 Å². The molecule has 0 amide bonds. The van der Waals surface area contributed by atoms with Gasteiger partial charge in [0.05, 0.1) is 13.2 Å². The first-order chi connectivity index (χ1) is 6.24. The molecule has 4 nitrogen and oxygen atoms in total. The van der Waals surface area contributed by atoms with Crippen LogP contribution in [0.5, 0.6) is 0 Å². The Labute approximate surface area is 78.3 Å². The summed E-state index contributed by atoms with van der Waals surface area (Å²) in [4.78, 5) is 10.8. The molecule has 1 fully saturated rings. The Morgan fingerprint density at radius 2 is 2.46 bits per heavy atom. The average Bonchev–Trinajstić information content (AvgIpc) is 2.16. The van der Waals surface area contributed by atoms with Gasteiger partial charge in [0.1, 0.15) is 0 Å². The van der Waals surface area contributed by atoms with Gasteiger partial charge in [-0.1, -0.05) is 0 Å². The summed E-state index contributed by atoms with van der Waals surface area (Å²) < 4.78 is 4.54. The van der Waals surface area contributed by atoms with Crippen LogP contribution >= 0.6 is 0 Å². The van der Waals surface area contributed by atoms with Crippen molar-refractivity contribution in [2.45, 2.75) is 25.4 Å². The van der Waals surface area contributed by atoms with Crippen molar-refractivity contribution in [2.75, 3.05) is 20.2 Å². The van der Waals surface area contributed by atoms with Gasteiger partial charge in [-0.15, -0.1) is 0 Å². The van der Waals surface area contributed by atoms with Crippen LogP contribution in [0.25, 0.3) is 0 Å². The van der Waals surface area contributed by atoms with Crippen molar-refractivity contribution in [3.8, 4) is 0 Å². The summed E-state index contributed by atoms with van der Waals surface area (Å²) in [7, 11) is 1.39. The van der Waals surface area contributed by atoms with Crippen molar-refractivity contribution in [2.24, 2.45) is 5.92 Å². The van der Waals surface area contributed by atoms with Gasteiger partial charge in [0.15, 0.2) is 0 Å². The zero-order chi connectivity index (χ0) is 9.68. The minimum absolute atomic E-state index is 0.189. The summed E-state index contributed by atoms with van der Waals surface area (Å²) in [6, 6.07) is 0. The van der Waals surface area contributed by atoms with E-state index in [1.54, 1.807) is 0 Å². The second-order valence-electron chi connectivity index (χ2n) is 3.44. The van der Waals surface area contributed by atoms with Crippen molar-refractivity contribution >= 4 is 5.97 Å². The monoisotopic (exact) mass is 187 g/mol. The Morgan fingerprint density at radius 3 is 3.08 bits per heavy atom. The van der Waals surface area contributed by atoms with Crippen LogP contribution in [-0.2, 0) is 9.53 Å². The second kappa shape index (κ2) is 5.19. The highest BCUT2D eigenvalue weighted by atomic mass is 16.5. The predicted molar refractivity (Wildman–Crippen MR) is 48.2 cm³/mol. The first kappa shape index (κ1) is 10.5. The van der Waals surface area contributed by atoms with Crippen LogP contribution in [0.3, 0.4) is 0 Å². The summed E-state index contributed by atoms with van der Waals surface area (Å²) in [6.07, 6.45) is 1.78. The van der Waals surface area contributed by atoms with Gasteiger partial charge in [-0.2, -0.15) is 0 Å². The molecule has 0 aromatic heterocycles. The largest absolute Gasteiger partial charge is 0.469 e. The van der Waals surface area contributed by atoms with Gasteiger partial charge in [0.2, 0.25) is 0 Å². The molecule has 2 N–H and O–H groups in total. The number of β-amino-alcohol motifs (C(OH)–C–C–N with tert-alkyl or cyclic N) is 1. The van der Waals surface area contributed by atoms with E-state index in [1.807, 2.05) is 0 Å². The fourth-order valence-electron chi connectivity index (χ4n) is 1.64. The first-order valence-corrected chi connectivity index (χ1v) is 4.69. The minimum Gasteiger partial charge on any atom is -0.469 e. The standard InChI is InChI=1S/C9H17NO3/c1-13-9(12)3-2-7-4-5-10-6-8(7)11/h7-8,10-11H,2-6H2,1H3/t7-,8-/m0/s1. The molecule has 0 saturated carbocycles. The Balaban J connectivity index is 2.22. The lowest BCUT2D eigenvalue weighted by Crippen LogP contribution is -2.40. The molecule has 0 bridgehead atoms. The molecule has 0 radical (unpaired) electrons. The molecule has 13 heavy (non-hydrogen) atoms. The molecule has 2 atom stereocenters. The number of carbonyl (C=O) groups is 1. The predicted octanol–water partition coefficient (Wildman–Crippen LogP) is -0.0900. The van der Waals surface area contributed by atoms with E-state index in [0.717, 1.165) is 19.4 Å².